The molecule has 4 atom stereocenters. The molecule has 0 aromatic rings. The first kappa shape index (κ1) is 13.3. The zero-order chi connectivity index (χ0) is 13.5. The Morgan fingerprint density at radius 1 is 1.56 bits per heavy atom. The van der Waals surface area contributed by atoms with Crippen LogP contribution in [0.3, 0.4) is 0 Å². The molecule has 2 fully saturated rings. The van der Waals surface area contributed by atoms with Crippen LogP contribution in [0.1, 0.15) is 40.0 Å². The third-order valence-corrected chi connectivity index (χ3v) is 3.68. The van der Waals surface area contributed by atoms with E-state index in [0.29, 0.717) is 12.3 Å². The third-order valence-electron chi connectivity index (χ3n) is 3.68. The van der Waals surface area contributed by atoms with Crippen LogP contribution in [0, 0.1) is 11.8 Å². The molecule has 2 bridgehead atoms. The van der Waals surface area contributed by atoms with E-state index in [1.54, 1.807) is 0 Å². The van der Waals surface area contributed by atoms with Crippen LogP contribution in [0.5, 0.6) is 0 Å². The predicted octanol–water partition coefficient (Wildman–Crippen LogP) is 1.03. The number of esters is 2. The van der Waals surface area contributed by atoms with Crippen LogP contribution in [0.15, 0.2) is 0 Å². The lowest BCUT2D eigenvalue weighted by Gasteiger charge is -2.36. The molecule has 2 rings (SSSR count). The minimum atomic E-state index is -1.37. The Hall–Kier alpha value is -1.10. The van der Waals surface area contributed by atoms with Crippen LogP contribution >= 0.6 is 0 Å². The van der Waals surface area contributed by atoms with Crippen molar-refractivity contribution in [2.45, 2.75) is 57.8 Å². The van der Waals surface area contributed by atoms with Crippen LogP contribution in [-0.4, -0.2) is 34.9 Å². The Bertz CT molecular complexity index is 364. The fraction of sp³-hybridized carbons (Fsp3) is 0.846. The van der Waals surface area contributed by atoms with Crippen molar-refractivity contribution in [3.63, 3.8) is 0 Å². The maximum absolute atomic E-state index is 11.6. The Morgan fingerprint density at radius 3 is 2.78 bits per heavy atom. The van der Waals surface area contributed by atoms with Gasteiger partial charge in [0.25, 0.3) is 0 Å². The van der Waals surface area contributed by atoms with E-state index >= 15 is 0 Å². The zero-order valence-corrected chi connectivity index (χ0v) is 11.0. The Kier molecular flexibility index (Phi) is 3.36. The zero-order valence-electron chi connectivity index (χ0n) is 11.0. The van der Waals surface area contributed by atoms with E-state index in [9.17, 15) is 14.7 Å². The molecule has 1 aliphatic heterocycles. The Morgan fingerprint density at radius 2 is 2.22 bits per heavy atom. The fourth-order valence-electron chi connectivity index (χ4n) is 3.10. The number of hydrogen-bond acceptors (Lipinski definition) is 5. The predicted molar refractivity (Wildman–Crippen MR) is 62.6 cm³/mol. The van der Waals surface area contributed by atoms with Gasteiger partial charge in [-0.3, -0.25) is 4.79 Å². The molecule has 0 unspecified atom stereocenters. The largest absolute Gasteiger partial charge is 0.458 e. The van der Waals surface area contributed by atoms with Gasteiger partial charge in [-0.05, 0) is 18.8 Å². The lowest BCUT2D eigenvalue weighted by atomic mass is 9.74. The van der Waals surface area contributed by atoms with E-state index in [2.05, 4.69) is 13.8 Å². The van der Waals surface area contributed by atoms with Gasteiger partial charge in [0.1, 0.15) is 12.2 Å². The lowest BCUT2D eigenvalue weighted by molar-refractivity contribution is -0.163. The molecule has 1 saturated heterocycles. The van der Waals surface area contributed by atoms with Gasteiger partial charge in [-0.1, -0.05) is 13.8 Å². The van der Waals surface area contributed by atoms with Gasteiger partial charge in [0.15, 0.2) is 5.60 Å². The number of fused-ring (bicyclic) bond motifs is 2. The summed E-state index contributed by atoms with van der Waals surface area (Å²) in [5, 5.41) is 10.2. The van der Waals surface area contributed by atoms with Crippen molar-refractivity contribution in [2.75, 3.05) is 0 Å². The Balaban J connectivity index is 2.19. The lowest BCUT2D eigenvalue weighted by Crippen LogP contribution is -2.47. The first-order valence-electron chi connectivity index (χ1n) is 6.42. The first-order valence-corrected chi connectivity index (χ1v) is 6.42. The normalized spacial score (nSPS) is 38.7. The minimum Gasteiger partial charge on any atom is -0.458 e. The summed E-state index contributed by atoms with van der Waals surface area (Å²) in [4.78, 5) is 22.8. The fourth-order valence-corrected chi connectivity index (χ4v) is 3.10. The molecule has 0 radical (unpaired) electrons. The summed E-state index contributed by atoms with van der Waals surface area (Å²) in [5.41, 5.74) is -1.37. The maximum atomic E-state index is 11.6. The van der Waals surface area contributed by atoms with Crippen LogP contribution in [0.25, 0.3) is 0 Å². The molecular formula is C13H20O5. The van der Waals surface area contributed by atoms with E-state index in [1.807, 2.05) is 0 Å². The summed E-state index contributed by atoms with van der Waals surface area (Å²) in [6.07, 6.45) is 0.435. The minimum absolute atomic E-state index is 0.0240. The van der Waals surface area contributed by atoms with Crippen molar-refractivity contribution in [2.24, 2.45) is 11.8 Å². The number of aliphatic hydroxyl groups is 1. The van der Waals surface area contributed by atoms with Crippen LogP contribution in [-0.2, 0) is 19.1 Å². The number of hydrogen-bond donors (Lipinski definition) is 1. The van der Waals surface area contributed by atoms with Gasteiger partial charge in [-0.25, -0.2) is 4.79 Å². The van der Waals surface area contributed by atoms with Gasteiger partial charge in [0, 0.05) is 19.3 Å². The van der Waals surface area contributed by atoms with Crippen LogP contribution in [0.2, 0.25) is 0 Å². The molecule has 1 aliphatic carbocycles. The summed E-state index contributed by atoms with van der Waals surface area (Å²) < 4.78 is 10.4. The maximum Gasteiger partial charge on any atom is 0.338 e. The second kappa shape index (κ2) is 4.53. The summed E-state index contributed by atoms with van der Waals surface area (Å²) in [6.45, 7) is 5.48. The number of carbonyl (C=O) groups is 2. The number of carbonyl (C=O) groups excluding carboxylic acids is 2. The molecule has 5 heteroatoms. The molecule has 2 aliphatic rings. The quantitative estimate of drug-likeness (QED) is 0.763. The number of rotatable bonds is 3. The molecular weight excluding hydrogens is 236 g/mol. The van der Waals surface area contributed by atoms with E-state index in [-0.39, 0.29) is 18.3 Å². The summed E-state index contributed by atoms with van der Waals surface area (Å²) >= 11 is 0. The van der Waals surface area contributed by atoms with Gasteiger partial charge >= 0.3 is 11.9 Å². The summed E-state index contributed by atoms with van der Waals surface area (Å²) in [6, 6.07) is 0. The average Bonchev–Trinajstić information content (AvgIpc) is 2.45. The van der Waals surface area contributed by atoms with Crippen LogP contribution in [0.4, 0.5) is 0 Å². The van der Waals surface area contributed by atoms with Gasteiger partial charge in [0.05, 0.1) is 0 Å². The molecule has 102 valence electrons. The Labute approximate surface area is 106 Å². The van der Waals surface area contributed by atoms with E-state index in [0.717, 1.165) is 6.42 Å². The molecule has 18 heavy (non-hydrogen) atoms. The van der Waals surface area contributed by atoms with Crippen molar-refractivity contribution >= 4 is 11.9 Å². The highest BCUT2D eigenvalue weighted by molar-refractivity contribution is 5.82. The molecule has 1 N–H and O–H groups in total. The summed E-state index contributed by atoms with van der Waals surface area (Å²) in [7, 11) is 0. The SMILES string of the molecule is CC(=O)O[C@@H]1[C@@H](CC(C)C)C[C@]2(O)C[C@H]1OC2=O. The molecule has 0 aromatic heterocycles. The molecule has 1 saturated carbocycles. The highest BCUT2D eigenvalue weighted by Crippen LogP contribution is 2.44. The van der Waals surface area contributed by atoms with Crippen molar-refractivity contribution in [1.29, 1.82) is 0 Å². The van der Waals surface area contributed by atoms with Gasteiger partial charge < -0.3 is 14.6 Å². The van der Waals surface area contributed by atoms with Gasteiger partial charge in [0.2, 0.25) is 0 Å². The number of ether oxygens (including phenoxy) is 2. The summed E-state index contributed by atoms with van der Waals surface area (Å²) in [5.74, 6) is -0.564. The average molecular weight is 256 g/mol. The topological polar surface area (TPSA) is 72.8 Å². The highest BCUT2D eigenvalue weighted by Gasteiger charge is 2.58. The third kappa shape index (κ3) is 2.36. The molecule has 5 nitrogen and oxygen atoms in total. The molecule has 1 heterocycles. The van der Waals surface area contributed by atoms with Gasteiger partial charge in [-0.15, -0.1) is 0 Å². The monoisotopic (exact) mass is 256 g/mol. The molecule has 0 amide bonds. The van der Waals surface area contributed by atoms with Crippen molar-refractivity contribution in [1.82, 2.24) is 0 Å². The highest BCUT2D eigenvalue weighted by atomic mass is 16.6. The van der Waals surface area contributed by atoms with Crippen molar-refractivity contribution < 1.29 is 24.2 Å². The first-order chi connectivity index (χ1) is 8.32. The van der Waals surface area contributed by atoms with Gasteiger partial charge in [-0.2, -0.15) is 0 Å². The van der Waals surface area contributed by atoms with E-state index < -0.39 is 23.8 Å². The van der Waals surface area contributed by atoms with Crippen molar-refractivity contribution in [3.05, 3.63) is 0 Å². The van der Waals surface area contributed by atoms with E-state index in [4.69, 9.17) is 9.47 Å². The standard InChI is InChI=1S/C13H20O5/c1-7(2)4-9-5-13(16)6-10(18-12(13)15)11(9)17-8(3)14/h7,9-11,16H,4-6H2,1-3H3/t9-,10+,11+,13-/m0/s1. The smallest absolute Gasteiger partial charge is 0.338 e. The second-order valence-electron chi connectivity index (χ2n) is 5.85. The second-order valence-corrected chi connectivity index (χ2v) is 5.85. The molecule has 0 spiro atoms. The molecule has 0 aromatic carbocycles. The van der Waals surface area contributed by atoms with Crippen molar-refractivity contribution in [3.8, 4) is 0 Å². The van der Waals surface area contributed by atoms with E-state index in [1.165, 1.54) is 6.92 Å². The van der Waals surface area contributed by atoms with Crippen LogP contribution < -0.4 is 0 Å².